The summed E-state index contributed by atoms with van der Waals surface area (Å²) >= 11 is 0. The standard InChI is InChI=1S/C29H39FN4O3/c1-20-17-32(18-21(2)34(20)28(36)37)19-22-5-7-23(8-6-22)29(3,4)27(35)33-15-13-26(14-16-33)31-25-11-9-24(30)10-12-25/h5-12,20-21,26,31H,13-19H2,1-4H3,(H,36,37). The monoisotopic (exact) mass is 510 g/mol. The van der Waals surface area contributed by atoms with E-state index in [1.165, 1.54) is 17.0 Å². The third-order valence-electron chi connectivity index (χ3n) is 7.83. The molecule has 4 rings (SSSR count). The van der Waals surface area contributed by atoms with E-state index in [0.717, 1.165) is 36.2 Å². The Morgan fingerprint density at radius 1 is 0.973 bits per heavy atom. The first-order valence-electron chi connectivity index (χ1n) is 13.2. The van der Waals surface area contributed by atoms with Crippen LogP contribution in [0.25, 0.3) is 0 Å². The van der Waals surface area contributed by atoms with Gasteiger partial charge in [-0.1, -0.05) is 24.3 Å². The van der Waals surface area contributed by atoms with Crippen LogP contribution in [0.2, 0.25) is 0 Å². The molecule has 2 aromatic rings. The first kappa shape index (κ1) is 26.9. The third-order valence-corrected chi connectivity index (χ3v) is 7.83. The van der Waals surface area contributed by atoms with E-state index in [9.17, 15) is 19.1 Å². The number of hydrogen-bond acceptors (Lipinski definition) is 4. The topological polar surface area (TPSA) is 76.1 Å². The van der Waals surface area contributed by atoms with E-state index >= 15 is 0 Å². The summed E-state index contributed by atoms with van der Waals surface area (Å²) in [4.78, 5) is 30.8. The number of carboxylic acid groups (broad SMARTS) is 1. The number of rotatable bonds is 6. The minimum atomic E-state index is -0.857. The molecular formula is C29H39FN4O3. The molecular weight excluding hydrogens is 471 g/mol. The van der Waals surface area contributed by atoms with E-state index in [1.54, 1.807) is 12.1 Å². The number of halogens is 1. The van der Waals surface area contributed by atoms with Gasteiger partial charge in [-0.05, 0) is 75.9 Å². The highest BCUT2D eigenvalue weighted by Gasteiger charge is 2.36. The average Bonchev–Trinajstić information content (AvgIpc) is 2.85. The van der Waals surface area contributed by atoms with Gasteiger partial charge >= 0.3 is 6.09 Å². The highest BCUT2D eigenvalue weighted by molar-refractivity contribution is 5.87. The Morgan fingerprint density at radius 2 is 1.54 bits per heavy atom. The zero-order valence-electron chi connectivity index (χ0n) is 22.3. The van der Waals surface area contributed by atoms with Crippen LogP contribution < -0.4 is 5.32 Å². The maximum Gasteiger partial charge on any atom is 0.407 e. The molecule has 2 aliphatic heterocycles. The number of carbonyl (C=O) groups excluding carboxylic acids is 1. The maximum atomic E-state index is 13.5. The van der Waals surface area contributed by atoms with Gasteiger partial charge in [-0.2, -0.15) is 0 Å². The Balaban J connectivity index is 1.31. The number of nitrogens with zero attached hydrogens (tertiary/aromatic N) is 3. The van der Waals surface area contributed by atoms with Gasteiger partial charge in [0.05, 0.1) is 5.41 Å². The summed E-state index contributed by atoms with van der Waals surface area (Å²) < 4.78 is 13.2. The average molecular weight is 511 g/mol. The van der Waals surface area contributed by atoms with Crippen LogP contribution in [0, 0.1) is 5.82 Å². The van der Waals surface area contributed by atoms with E-state index in [-0.39, 0.29) is 29.8 Å². The fraction of sp³-hybridized carbons (Fsp3) is 0.517. The SMILES string of the molecule is CC1CN(Cc2ccc(C(C)(C)C(=O)N3CCC(Nc4ccc(F)cc4)CC3)cc2)CC(C)N1C(=O)O. The van der Waals surface area contributed by atoms with Crippen molar-refractivity contribution in [3.8, 4) is 0 Å². The second-order valence-corrected chi connectivity index (χ2v) is 11.1. The first-order chi connectivity index (χ1) is 17.5. The molecule has 2 amide bonds. The largest absolute Gasteiger partial charge is 0.465 e. The summed E-state index contributed by atoms with van der Waals surface area (Å²) in [6.07, 6.45) is 0.845. The predicted octanol–water partition coefficient (Wildman–Crippen LogP) is 4.78. The molecule has 2 aromatic carbocycles. The van der Waals surface area contributed by atoms with Crippen molar-refractivity contribution in [2.24, 2.45) is 0 Å². The van der Waals surface area contributed by atoms with Crippen molar-refractivity contribution >= 4 is 17.7 Å². The molecule has 2 heterocycles. The van der Waals surface area contributed by atoms with Crippen LogP contribution in [0.5, 0.6) is 0 Å². The van der Waals surface area contributed by atoms with Crippen molar-refractivity contribution in [1.29, 1.82) is 0 Å². The van der Waals surface area contributed by atoms with Gasteiger partial charge in [-0.3, -0.25) is 9.69 Å². The Morgan fingerprint density at radius 3 is 2.08 bits per heavy atom. The molecule has 200 valence electrons. The molecule has 7 nitrogen and oxygen atoms in total. The third kappa shape index (κ3) is 6.24. The van der Waals surface area contributed by atoms with Gasteiger partial charge in [-0.15, -0.1) is 0 Å². The molecule has 37 heavy (non-hydrogen) atoms. The van der Waals surface area contributed by atoms with Crippen LogP contribution in [-0.4, -0.2) is 76.1 Å². The summed E-state index contributed by atoms with van der Waals surface area (Å²) in [7, 11) is 0. The van der Waals surface area contributed by atoms with E-state index in [1.807, 2.05) is 32.6 Å². The van der Waals surface area contributed by atoms with Crippen molar-refractivity contribution in [2.75, 3.05) is 31.5 Å². The van der Waals surface area contributed by atoms with Crippen LogP contribution in [0.4, 0.5) is 14.9 Å². The lowest BCUT2D eigenvalue weighted by molar-refractivity contribution is -0.137. The maximum absolute atomic E-state index is 13.5. The summed E-state index contributed by atoms with van der Waals surface area (Å²) in [6, 6.07) is 14.8. The van der Waals surface area contributed by atoms with Crippen LogP contribution in [0.15, 0.2) is 48.5 Å². The number of amides is 2. The minimum absolute atomic E-state index is 0.0490. The quantitative estimate of drug-likeness (QED) is 0.585. The number of benzene rings is 2. The van der Waals surface area contributed by atoms with Gasteiger partial charge in [0.25, 0.3) is 0 Å². The lowest BCUT2D eigenvalue weighted by Crippen LogP contribution is -2.57. The second-order valence-electron chi connectivity index (χ2n) is 11.1. The van der Waals surface area contributed by atoms with Crippen molar-refractivity contribution in [1.82, 2.24) is 14.7 Å². The summed E-state index contributed by atoms with van der Waals surface area (Å²) in [6.45, 7) is 11.4. The van der Waals surface area contributed by atoms with Crippen LogP contribution in [0.1, 0.15) is 51.7 Å². The van der Waals surface area contributed by atoms with Crippen LogP contribution >= 0.6 is 0 Å². The Hall–Kier alpha value is -3.13. The molecule has 0 radical (unpaired) electrons. The normalized spacial score (nSPS) is 21.6. The lowest BCUT2D eigenvalue weighted by atomic mass is 9.82. The van der Waals surface area contributed by atoms with E-state index < -0.39 is 11.5 Å². The van der Waals surface area contributed by atoms with Gasteiger partial charge in [0, 0.05) is 56.5 Å². The van der Waals surface area contributed by atoms with E-state index in [2.05, 4.69) is 34.5 Å². The molecule has 2 N–H and O–H groups in total. The number of likely N-dealkylation sites (tertiary alicyclic amines) is 1. The van der Waals surface area contributed by atoms with Gasteiger partial charge < -0.3 is 20.2 Å². The number of nitrogens with one attached hydrogen (secondary N) is 1. The summed E-state index contributed by atoms with van der Waals surface area (Å²) in [5.74, 6) is -0.114. The second kappa shape index (κ2) is 11.1. The zero-order valence-corrected chi connectivity index (χ0v) is 22.3. The Kier molecular flexibility index (Phi) is 8.07. The molecule has 0 saturated carbocycles. The first-order valence-corrected chi connectivity index (χ1v) is 13.2. The number of carbonyl (C=O) groups is 2. The van der Waals surface area contributed by atoms with E-state index in [4.69, 9.17) is 0 Å². The highest BCUT2D eigenvalue weighted by atomic mass is 19.1. The zero-order chi connectivity index (χ0) is 26.7. The fourth-order valence-electron chi connectivity index (χ4n) is 5.75. The molecule has 2 fully saturated rings. The number of piperidine rings is 1. The smallest absolute Gasteiger partial charge is 0.407 e. The molecule has 2 unspecified atom stereocenters. The summed E-state index contributed by atoms with van der Waals surface area (Å²) in [5.41, 5.74) is 2.42. The Labute approximate surface area is 219 Å². The molecule has 0 aliphatic carbocycles. The van der Waals surface area contributed by atoms with Crippen molar-refractivity contribution < 1.29 is 19.1 Å². The lowest BCUT2D eigenvalue weighted by Gasteiger charge is -2.43. The van der Waals surface area contributed by atoms with E-state index in [0.29, 0.717) is 26.2 Å². The summed E-state index contributed by atoms with van der Waals surface area (Å²) in [5, 5.41) is 12.9. The molecule has 0 spiro atoms. The van der Waals surface area contributed by atoms with Gasteiger partial charge in [0.15, 0.2) is 0 Å². The van der Waals surface area contributed by atoms with Gasteiger partial charge in [-0.25, -0.2) is 9.18 Å². The number of piperazine rings is 1. The number of hydrogen-bond donors (Lipinski definition) is 2. The molecule has 2 saturated heterocycles. The van der Waals surface area contributed by atoms with Crippen LogP contribution in [-0.2, 0) is 16.8 Å². The minimum Gasteiger partial charge on any atom is -0.465 e. The molecule has 0 aromatic heterocycles. The Bertz CT molecular complexity index is 1070. The molecule has 2 aliphatic rings. The van der Waals surface area contributed by atoms with Crippen molar-refractivity contribution in [3.05, 3.63) is 65.5 Å². The molecule has 2 atom stereocenters. The van der Waals surface area contributed by atoms with Gasteiger partial charge in [0.1, 0.15) is 5.82 Å². The van der Waals surface area contributed by atoms with Crippen molar-refractivity contribution in [2.45, 2.75) is 70.6 Å². The predicted molar refractivity (Wildman–Crippen MR) is 143 cm³/mol. The fourth-order valence-corrected chi connectivity index (χ4v) is 5.75. The van der Waals surface area contributed by atoms with Crippen LogP contribution in [0.3, 0.4) is 0 Å². The highest BCUT2D eigenvalue weighted by Crippen LogP contribution is 2.29. The molecule has 0 bridgehead atoms. The van der Waals surface area contributed by atoms with Crippen molar-refractivity contribution in [3.63, 3.8) is 0 Å². The van der Waals surface area contributed by atoms with Gasteiger partial charge in [0.2, 0.25) is 5.91 Å². The number of anilines is 1. The molecule has 8 heteroatoms.